The maximum atomic E-state index is 11.9. The van der Waals surface area contributed by atoms with Crippen LogP contribution in [0.5, 0.6) is 0 Å². The molecule has 1 aromatic heterocycles. The van der Waals surface area contributed by atoms with E-state index >= 15 is 0 Å². The number of carbonyl (C=O) groups excluding carboxylic acids is 1. The van der Waals surface area contributed by atoms with Crippen LogP contribution in [0.3, 0.4) is 0 Å². The molecule has 0 aromatic carbocycles. The number of hydrogen-bond acceptors (Lipinski definition) is 4. The van der Waals surface area contributed by atoms with Gasteiger partial charge in [-0.1, -0.05) is 11.8 Å². The Morgan fingerprint density at radius 1 is 1.50 bits per heavy atom. The van der Waals surface area contributed by atoms with Crippen molar-refractivity contribution in [1.82, 2.24) is 10.3 Å². The summed E-state index contributed by atoms with van der Waals surface area (Å²) in [6, 6.07) is 3.41. The molecule has 1 heterocycles. The molecule has 0 unspecified atom stereocenters. The quantitative estimate of drug-likeness (QED) is 0.811. The number of thioether (sulfide) groups is 1. The Morgan fingerprint density at radius 3 is 2.80 bits per heavy atom. The Hall–Kier alpha value is -1.51. The number of aliphatic hydroxyl groups is 1. The summed E-state index contributed by atoms with van der Waals surface area (Å²) >= 11 is 1.70. The fraction of sp³-hybridized carbons (Fsp3) is 0.467. The Morgan fingerprint density at radius 2 is 2.25 bits per heavy atom. The number of amides is 1. The van der Waals surface area contributed by atoms with Gasteiger partial charge in [-0.25, -0.2) is 4.98 Å². The zero-order valence-electron chi connectivity index (χ0n) is 12.1. The summed E-state index contributed by atoms with van der Waals surface area (Å²) in [4.78, 5) is 16.0. The lowest BCUT2D eigenvalue weighted by Gasteiger charge is -2.21. The van der Waals surface area contributed by atoms with Crippen LogP contribution < -0.4 is 5.32 Å². The SMILES string of the molecule is CSC(C)(C)CNC(=O)c1ccc(C#CCCO)cn1. The molecule has 0 radical (unpaired) electrons. The van der Waals surface area contributed by atoms with Gasteiger partial charge in [-0.15, -0.1) is 0 Å². The summed E-state index contributed by atoms with van der Waals surface area (Å²) in [5, 5.41) is 11.5. The first-order valence-electron chi connectivity index (χ1n) is 6.37. The lowest BCUT2D eigenvalue weighted by atomic mass is 10.2. The molecule has 0 aliphatic rings. The number of pyridine rings is 1. The molecule has 2 N–H and O–H groups in total. The van der Waals surface area contributed by atoms with Crippen molar-refractivity contribution in [1.29, 1.82) is 0 Å². The average molecular weight is 292 g/mol. The summed E-state index contributed by atoms with van der Waals surface area (Å²) in [7, 11) is 0. The minimum atomic E-state index is -0.179. The molecular weight excluding hydrogens is 272 g/mol. The van der Waals surface area contributed by atoms with E-state index in [-0.39, 0.29) is 17.3 Å². The van der Waals surface area contributed by atoms with Gasteiger partial charge in [0.25, 0.3) is 5.91 Å². The van der Waals surface area contributed by atoms with Crippen LogP contribution in [0.1, 0.15) is 36.3 Å². The van der Waals surface area contributed by atoms with E-state index < -0.39 is 0 Å². The van der Waals surface area contributed by atoms with E-state index in [1.54, 1.807) is 30.1 Å². The maximum absolute atomic E-state index is 11.9. The molecular formula is C15H20N2O2S. The van der Waals surface area contributed by atoms with Gasteiger partial charge in [0.2, 0.25) is 0 Å². The fourth-order valence-corrected chi connectivity index (χ4v) is 1.49. The van der Waals surface area contributed by atoms with Gasteiger partial charge in [-0.05, 0) is 32.2 Å². The van der Waals surface area contributed by atoms with Crippen LogP contribution in [-0.2, 0) is 0 Å². The Balaban J connectivity index is 2.60. The van der Waals surface area contributed by atoms with Crippen molar-refractivity contribution in [3.05, 3.63) is 29.6 Å². The van der Waals surface area contributed by atoms with Crippen molar-refractivity contribution >= 4 is 17.7 Å². The molecule has 0 aliphatic heterocycles. The van der Waals surface area contributed by atoms with Crippen molar-refractivity contribution in [2.24, 2.45) is 0 Å². The molecule has 1 amide bonds. The van der Waals surface area contributed by atoms with Gasteiger partial charge < -0.3 is 10.4 Å². The zero-order chi connectivity index (χ0) is 15.0. The van der Waals surface area contributed by atoms with E-state index in [1.807, 2.05) is 6.26 Å². The van der Waals surface area contributed by atoms with Crippen molar-refractivity contribution in [3.63, 3.8) is 0 Å². The number of nitrogens with one attached hydrogen (secondary N) is 1. The number of aromatic nitrogens is 1. The standard InChI is InChI=1S/C15H20N2O2S/c1-15(2,20-3)11-17-14(19)13-8-7-12(10-16-13)6-4-5-9-18/h7-8,10,18H,5,9,11H2,1-3H3,(H,17,19). The highest BCUT2D eigenvalue weighted by Crippen LogP contribution is 2.19. The first-order chi connectivity index (χ1) is 9.48. The largest absolute Gasteiger partial charge is 0.395 e. The molecule has 0 aliphatic carbocycles. The van der Waals surface area contributed by atoms with E-state index in [0.717, 1.165) is 5.56 Å². The van der Waals surface area contributed by atoms with Gasteiger partial charge in [-0.3, -0.25) is 4.79 Å². The molecule has 0 spiro atoms. The lowest BCUT2D eigenvalue weighted by molar-refractivity contribution is 0.0946. The third-order valence-corrected chi connectivity index (χ3v) is 3.94. The molecule has 5 heteroatoms. The third kappa shape index (κ3) is 5.64. The van der Waals surface area contributed by atoms with Crippen LogP contribution in [0.2, 0.25) is 0 Å². The second-order valence-corrected chi connectivity index (χ2v) is 6.37. The van der Waals surface area contributed by atoms with Gasteiger partial charge in [0.1, 0.15) is 5.69 Å². The maximum Gasteiger partial charge on any atom is 0.269 e. The van der Waals surface area contributed by atoms with Crippen LogP contribution >= 0.6 is 11.8 Å². The number of carbonyl (C=O) groups is 1. The zero-order valence-corrected chi connectivity index (χ0v) is 12.9. The van der Waals surface area contributed by atoms with Gasteiger partial charge >= 0.3 is 0 Å². The molecule has 0 saturated heterocycles. The predicted molar refractivity (Wildman–Crippen MR) is 82.7 cm³/mol. The topological polar surface area (TPSA) is 62.2 Å². The number of hydrogen-bond donors (Lipinski definition) is 2. The van der Waals surface area contributed by atoms with Crippen molar-refractivity contribution in [3.8, 4) is 11.8 Å². The van der Waals surface area contributed by atoms with Crippen LogP contribution in [0.25, 0.3) is 0 Å². The molecule has 4 nitrogen and oxygen atoms in total. The Kier molecular flexibility index (Phi) is 6.56. The minimum absolute atomic E-state index is 0.00533. The normalized spacial score (nSPS) is 10.6. The molecule has 1 rings (SSSR count). The monoisotopic (exact) mass is 292 g/mol. The number of aliphatic hydroxyl groups excluding tert-OH is 1. The first kappa shape index (κ1) is 16.5. The summed E-state index contributed by atoms with van der Waals surface area (Å²) < 4.78 is 0.00533. The van der Waals surface area contributed by atoms with Crippen molar-refractivity contribution in [2.45, 2.75) is 25.0 Å². The molecule has 0 bridgehead atoms. The Labute approximate surface area is 124 Å². The summed E-state index contributed by atoms with van der Waals surface area (Å²) in [6.45, 7) is 4.79. The van der Waals surface area contributed by atoms with Gasteiger partial charge in [0.15, 0.2) is 0 Å². The van der Waals surface area contributed by atoms with Crippen LogP contribution in [-0.4, -0.2) is 40.2 Å². The third-order valence-electron chi connectivity index (χ3n) is 2.69. The summed E-state index contributed by atoms with van der Waals surface area (Å²) in [5.74, 6) is 5.50. The van der Waals surface area contributed by atoms with Crippen molar-refractivity contribution in [2.75, 3.05) is 19.4 Å². The summed E-state index contributed by atoms with van der Waals surface area (Å²) in [6.07, 6.45) is 4.02. The molecule has 0 saturated carbocycles. The second kappa shape index (κ2) is 7.93. The van der Waals surface area contributed by atoms with Gasteiger partial charge in [-0.2, -0.15) is 11.8 Å². The highest BCUT2D eigenvalue weighted by Gasteiger charge is 2.17. The van der Waals surface area contributed by atoms with Crippen molar-refractivity contribution < 1.29 is 9.90 Å². The van der Waals surface area contributed by atoms with Crippen LogP contribution in [0.15, 0.2) is 18.3 Å². The highest BCUT2D eigenvalue weighted by atomic mass is 32.2. The number of rotatable bonds is 5. The van der Waals surface area contributed by atoms with E-state index in [9.17, 15) is 4.79 Å². The Bertz CT molecular complexity index is 501. The van der Waals surface area contributed by atoms with Gasteiger partial charge in [0.05, 0.1) is 6.61 Å². The molecule has 1 aromatic rings. The first-order valence-corrected chi connectivity index (χ1v) is 7.60. The van der Waals surface area contributed by atoms with E-state index in [0.29, 0.717) is 18.7 Å². The smallest absolute Gasteiger partial charge is 0.269 e. The van der Waals surface area contributed by atoms with Gasteiger partial charge in [0, 0.05) is 29.5 Å². The average Bonchev–Trinajstić information content (AvgIpc) is 2.46. The lowest BCUT2D eigenvalue weighted by Crippen LogP contribution is -2.36. The predicted octanol–water partition coefficient (Wildman–Crippen LogP) is 1.69. The van der Waals surface area contributed by atoms with E-state index in [2.05, 4.69) is 36.0 Å². The second-order valence-electron chi connectivity index (χ2n) is 4.85. The fourth-order valence-electron chi connectivity index (χ4n) is 1.28. The minimum Gasteiger partial charge on any atom is -0.395 e. The van der Waals surface area contributed by atoms with E-state index in [4.69, 9.17) is 5.11 Å². The molecule has 20 heavy (non-hydrogen) atoms. The molecule has 108 valence electrons. The van der Waals surface area contributed by atoms with E-state index in [1.165, 1.54) is 0 Å². The summed E-state index contributed by atoms with van der Waals surface area (Å²) in [5.41, 5.74) is 1.12. The number of nitrogens with zero attached hydrogens (tertiary/aromatic N) is 1. The molecule has 0 fully saturated rings. The highest BCUT2D eigenvalue weighted by molar-refractivity contribution is 7.99. The van der Waals surface area contributed by atoms with Crippen LogP contribution in [0, 0.1) is 11.8 Å². The molecule has 0 atom stereocenters. The van der Waals surface area contributed by atoms with Crippen LogP contribution in [0.4, 0.5) is 0 Å².